The predicted octanol–water partition coefficient (Wildman–Crippen LogP) is 3.56. The summed E-state index contributed by atoms with van der Waals surface area (Å²) in [7, 11) is -2.16. The summed E-state index contributed by atoms with van der Waals surface area (Å²) in [5, 5.41) is 6.33. The van der Waals surface area contributed by atoms with Gasteiger partial charge in [-0.15, -0.1) is 11.8 Å². The molecule has 182 valence electrons. The topological polar surface area (TPSA) is 133 Å². The highest BCUT2D eigenvalue weighted by Gasteiger charge is 2.22. The van der Waals surface area contributed by atoms with Crippen LogP contribution in [0.5, 0.6) is 0 Å². The van der Waals surface area contributed by atoms with Crippen molar-refractivity contribution in [2.75, 3.05) is 28.3 Å². The molecule has 0 saturated heterocycles. The van der Waals surface area contributed by atoms with Gasteiger partial charge in [-0.25, -0.2) is 18.1 Å². The zero-order chi connectivity index (χ0) is 25.2. The summed E-state index contributed by atoms with van der Waals surface area (Å²) in [4.78, 5) is 35.0. The molecule has 1 aromatic heterocycles. The molecule has 1 aliphatic heterocycles. The lowest BCUT2D eigenvalue weighted by Crippen LogP contribution is -2.31. The van der Waals surface area contributed by atoms with Gasteiger partial charge in [0.15, 0.2) is 0 Å². The van der Waals surface area contributed by atoms with Crippen LogP contribution in [0.1, 0.15) is 18.9 Å². The van der Waals surface area contributed by atoms with Crippen molar-refractivity contribution in [1.82, 2.24) is 14.7 Å². The van der Waals surface area contributed by atoms with Gasteiger partial charge in [-0.1, -0.05) is 6.92 Å². The molecule has 0 saturated carbocycles. The minimum Gasteiger partial charge on any atom is -0.340 e. The normalized spacial score (nSPS) is 13.2. The maximum absolute atomic E-state index is 12.2. The Morgan fingerprint density at radius 3 is 2.54 bits per heavy atom. The summed E-state index contributed by atoms with van der Waals surface area (Å²) in [5.41, 5.74) is 3.01. The number of aromatic nitrogens is 2. The number of nitrogens with one attached hydrogen (secondary N) is 3. The lowest BCUT2D eigenvalue weighted by atomic mass is 10.2. The minimum absolute atomic E-state index is 0.0222. The van der Waals surface area contributed by atoms with E-state index in [0.717, 1.165) is 21.8 Å². The molecule has 3 N–H and O–H groups in total. The van der Waals surface area contributed by atoms with Gasteiger partial charge in [0, 0.05) is 41.5 Å². The average Bonchev–Trinajstić information content (AvgIpc) is 2.84. The van der Waals surface area contributed by atoms with E-state index in [9.17, 15) is 18.0 Å². The molecule has 12 heteroatoms. The molecule has 1 aliphatic rings. The fourth-order valence-electron chi connectivity index (χ4n) is 3.24. The van der Waals surface area contributed by atoms with Gasteiger partial charge in [0.25, 0.3) is 10.0 Å². The van der Waals surface area contributed by atoms with Crippen molar-refractivity contribution >= 4 is 62.4 Å². The molecular weight excluding hydrogens is 488 g/mol. The first-order chi connectivity index (χ1) is 16.7. The van der Waals surface area contributed by atoms with Crippen molar-refractivity contribution in [1.29, 1.82) is 0 Å². The Balaban J connectivity index is 1.50. The zero-order valence-electron chi connectivity index (χ0n) is 19.3. The van der Waals surface area contributed by atoms with E-state index < -0.39 is 15.9 Å². The lowest BCUT2D eigenvalue weighted by Gasteiger charge is -2.25. The Morgan fingerprint density at radius 1 is 1.11 bits per heavy atom. The monoisotopic (exact) mass is 512 g/mol. The highest BCUT2D eigenvalue weighted by atomic mass is 32.2. The van der Waals surface area contributed by atoms with Gasteiger partial charge in [0.2, 0.25) is 17.8 Å². The number of fused-ring (bicyclic) bond motifs is 1. The van der Waals surface area contributed by atoms with Crippen LogP contribution >= 0.6 is 11.8 Å². The third-order valence-electron chi connectivity index (χ3n) is 5.27. The first kappa shape index (κ1) is 24.5. The number of hydrogen-bond donors (Lipinski definition) is 3. The van der Waals surface area contributed by atoms with Gasteiger partial charge in [-0.3, -0.25) is 9.59 Å². The molecule has 35 heavy (non-hydrogen) atoms. The lowest BCUT2D eigenvalue weighted by molar-refractivity contribution is -0.119. The van der Waals surface area contributed by atoms with Crippen LogP contribution in [0.3, 0.4) is 0 Å². The van der Waals surface area contributed by atoms with Crippen molar-refractivity contribution in [2.45, 2.75) is 30.1 Å². The van der Waals surface area contributed by atoms with Crippen LogP contribution < -0.4 is 20.3 Å². The molecule has 2 amide bonds. The van der Waals surface area contributed by atoms with Crippen LogP contribution in [0.4, 0.5) is 28.8 Å². The van der Waals surface area contributed by atoms with E-state index >= 15 is 0 Å². The number of hydrogen-bond acceptors (Lipinski definition) is 9. The summed E-state index contributed by atoms with van der Waals surface area (Å²) in [6.07, 6.45) is 1.74. The first-order valence-corrected chi connectivity index (χ1v) is 13.2. The largest absolute Gasteiger partial charge is 0.340 e. The quantitative estimate of drug-likeness (QED) is 0.434. The average molecular weight is 513 g/mol. The Labute approximate surface area is 207 Å². The second-order valence-corrected chi connectivity index (χ2v) is 10.5. The standard InChI is InChI=1S/C23H24N6O4S2/c1-4-20(30)28-35(32,33)17-8-5-15(6-9-17)26-23-24-12-14(2)22(27-23)25-16-7-10-19-18(11-16)29(3)21(31)13-34-19/h5-12H,4,13H2,1-3H3,(H,28,30)(H2,24,25,26,27). The van der Waals surface area contributed by atoms with E-state index in [0.29, 0.717) is 23.2 Å². The van der Waals surface area contributed by atoms with E-state index in [1.165, 1.54) is 23.9 Å². The van der Waals surface area contributed by atoms with Gasteiger partial charge in [-0.05, 0) is 49.4 Å². The highest BCUT2D eigenvalue weighted by Crippen LogP contribution is 2.37. The fraction of sp³-hybridized carbons (Fsp3) is 0.217. The van der Waals surface area contributed by atoms with Crippen LogP contribution in [0.25, 0.3) is 0 Å². The predicted molar refractivity (Wildman–Crippen MR) is 136 cm³/mol. The SMILES string of the molecule is CCC(=O)NS(=O)(=O)c1ccc(Nc2ncc(C)c(Nc3ccc4c(c3)N(C)C(=O)CS4)n2)cc1. The second kappa shape index (κ2) is 9.92. The van der Waals surface area contributed by atoms with Crippen LogP contribution in [0.15, 0.2) is 58.5 Å². The first-order valence-electron chi connectivity index (χ1n) is 10.7. The van der Waals surface area contributed by atoms with E-state index in [1.807, 2.05) is 29.8 Å². The summed E-state index contributed by atoms with van der Waals surface area (Å²) in [6, 6.07) is 11.7. The van der Waals surface area contributed by atoms with E-state index in [1.54, 1.807) is 37.2 Å². The summed E-state index contributed by atoms with van der Waals surface area (Å²) in [5.74, 6) is 0.804. The van der Waals surface area contributed by atoms with Crippen LogP contribution in [0, 0.1) is 6.92 Å². The molecule has 4 rings (SSSR count). The number of benzene rings is 2. The Bertz CT molecular complexity index is 1390. The molecule has 0 radical (unpaired) electrons. The van der Waals surface area contributed by atoms with Crippen LogP contribution in [0.2, 0.25) is 0 Å². The fourth-order valence-corrected chi connectivity index (χ4v) is 5.28. The number of nitrogens with zero attached hydrogens (tertiary/aromatic N) is 3. The Kier molecular flexibility index (Phi) is 6.94. The third kappa shape index (κ3) is 5.54. The van der Waals surface area contributed by atoms with Gasteiger partial charge < -0.3 is 15.5 Å². The van der Waals surface area contributed by atoms with Crippen molar-refractivity contribution in [3.63, 3.8) is 0 Å². The smallest absolute Gasteiger partial charge is 0.264 e. The van der Waals surface area contributed by atoms with Gasteiger partial charge in [0.1, 0.15) is 5.82 Å². The van der Waals surface area contributed by atoms with Crippen LogP contribution in [-0.4, -0.2) is 43.0 Å². The van der Waals surface area contributed by atoms with E-state index in [2.05, 4.69) is 20.6 Å². The molecule has 10 nitrogen and oxygen atoms in total. The minimum atomic E-state index is -3.92. The number of carbonyl (C=O) groups is 2. The molecular formula is C23H24N6O4S2. The second-order valence-electron chi connectivity index (χ2n) is 7.81. The van der Waals surface area contributed by atoms with E-state index in [4.69, 9.17) is 0 Å². The van der Waals surface area contributed by atoms with Crippen molar-refractivity contribution < 1.29 is 18.0 Å². The third-order valence-corrected chi connectivity index (χ3v) is 7.71. The van der Waals surface area contributed by atoms with E-state index in [-0.39, 0.29) is 17.2 Å². The molecule has 2 aromatic carbocycles. The molecule has 0 spiro atoms. The summed E-state index contributed by atoms with van der Waals surface area (Å²) >= 11 is 1.52. The number of sulfonamides is 1. The number of aryl methyl sites for hydroxylation is 1. The Morgan fingerprint density at radius 2 is 1.83 bits per heavy atom. The maximum atomic E-state index is 12.2. The number of amides is 2. The molecule has 3 aromatic rings. The molecule has 0 fully saturated rings. The maximum Gasteiger partial charge on any atom is 0.264 e. The molecule has 0 aliphatic carbocycles. The molecule has 0 bridgehead atoms. The molecule has 2 heterocycles. The summed E-state index contributed by atoms with van der Waals surface area (Å²) in [6.45, 7) is 3.45. The van der Waals surface area contributed by atoms with Crippen molar-refractivity contribution in [3.05, 3.63) is 54.2 Å². The van der Waals surface area contributed by atoms with Gasteiger partial charge in [-0.2, -0.15) is 4.98 Å². The van der Waals surface area contributed by atoms with Gasteiger partial charge >= 0.3 is 0 Å². The number of carbonyl (C=O) groups excluding carboxylic acids is 2. The highest BCUT2D eigenvalue weighted by molar-refractivity contribution is 8.00. The zero-order valence-corrected chi connectivity index (χ0v) is 21.0. The molecule has 0 unspecified atom stereocenters. The number of anilines is 5. The summed E-state index contributed by atoms with van der Waals surface area (Å²) < 4.78 is 26.5. The molecule has 0 atom stereocenters. The van der Waals surface area contributed by atoms with Crippen LogP contribution in [-0.2, 0) is 19.6 Å². The number of thioether (sulfide) groups is 1. The van der Waals surface area contributed by atoms with Gasteiger partial charge in [0.05, 0.1) is 16.3 Å². The number of rotatable bonds is 7. The Hall–Kier alpha value is -3.64. The van der Waals surface area contributed by atoms with Crippen molar-refractivity contribution in [2.24, 2.45) is 0 Å². The van der Waals surface area contributed by atoms with Crippen molar-refractivity contribution in [3.8, 4) is 0 Å².